The molecule has 0 rings (SSSR count). The van der Waals surface area contributed by atoms with E-state index < -0.39 is 18.1 Å². The van der Waals surface area contributed by atoms with Gasteiger partial charge in [0.2, 0.25) is 0 Å². The van der Waals surface area contributed by atoms with Crippen LogP contribution in [0.15, 0.2) is 0 Å². The van der Waals surface area contributed by atoms with E-state index in [0.29, 0.717) is 19.4 Å². The fraction of sp³-hybridized carbons (Fsp3) is 0.917. The third kappa shape index (κ3) is 8.03. The maximum absolute atomic E-state index is 12.3. The van der Waals surface area contributed by atoms with Gasteiger partial charge in [-0.25, -0.2) is 0 Å². The largest absolute Gasteiger partial charge is 0.401 e. The highest BCUT2D eigenvalue weighted by Crippen LogP contribution is 2.22. The molecule has 0 unspecified atom stereocenters. The van der Waals surface area contributed by atoms with Crippen LogP contribution in [0, 0.1) is 16.7 Å². The first-order valence-electron chi connectivity index (χ1n) is 5.79. The normalized spacial score (nSPS) is 13.2. The first-order valence-corrected chi connectivity index (χ1v) is 5.79. The second-order valence-electron chi connectivity index (χ2n) is 5.28. The van der Waals surface area contributed by atoms with Crippen LogP contribution in [0.4, 0.5) is 13.2 Å². The zero-order chi connectivity index (χ0) is 13.7. The van der Waals surface area contributed by atoms with E-state index in [2.05, 4.69) is 6.07 Å². The van der Waals surface area contributed by atoms with Crippen molar-refractivity contribution in [3.05, 3.63) is 0 Å². The zero-order valence-corrected chi connectivity index (χ0v) is 10.9. The van der Waals surface area contributed by atoms with Crippen molar-refractivity contribution in [1.82, 2.24) is 4.90 Å². The molecule has 5 heteroatoms. The smallest absolute Gasteiger partial charge is 0.293 e. The number of hydrogen-bond donors (Lipinski definition) is 0. The minimum absolute atomic E-state index is 0.137. The Kier molecular flexibility index (Phi) is 5.97. The van der Waals surface area contributed by atoms with Gasteiger partial charge in [-0.3, -0.25) is 4.90 Å². The van der Waals surface area contributed by atoms with Gasteiger partial charge in [0.05, 0.1) is 18.0 Å². The molecule has 0 aromatic carbocycles. The van der Waals surface area contributed by atoms with Crippen LogP contribution >= 0.6 is 0 Å². The molecule has 0 fully saturated rings. The Bertz CT molecular complexity index is 264. The molecule has 0 N–H and O–H groups in total. The van der Waals surface area contributed by atoms with Gasteiger partial charge in [-0.15, -0.1) is 0 Å². The molecular weight excluding hydrogens is 229 g/mol. The zero-order valence-electron chi connectivity index (χ0n) is 10.9. The SMILES string of the molecule is CC(C)N(CCCC(C)(C)C#N)CC(F)(F)F. The first kappa shape index (κ1) is 16.2. The molecule has 0 spiro atoms. The van der Waals surface area contributed by atoms with Crippen LogP contribution in [-0.2, 0) is 0 Å². The maximum Gasteiger partial charge on any atom is 0.401 e. The average Bonchev–Trinajstić information content (AvgIpc) is 2.14. The Labute approximate surface area is 101 Å². The summed E-state index contributed by atoms with van der Waals surface area (Å²) in [6, 6.07) is 2.01. The highest BCUT2D eigenvalue weighted by molar-refractivity contribution is 4.91. The van der Waals surface area contributed by atoms with E-state index in [1.807, 2.05) is 0 Å². The van der Waals surface area contributed by atoms with Gasteiger partial charge in [0, 0.05) is 6.04 Å². The predicted molar refractivity (Wildman–Crippen MR) is 61.4 cm³/mol. The van der Waals surface area contributed by atoms with Crippen LogP contribution in [0.25, 0.3) is 0 Å². The summed E-state index contributed by atoms with van der Waals surface area (Å²) in [7, 11) is 0. The van der Waals surface area contributed by atoms with Crippen molar-refractivity contribution in [2.45, 2.75) is 52.8 Å². The number of halogens is 3. The summed E-state index contributed by atoms with van der Waals surface area (Å²) in [5, 5.41) is 8.81. The summed E-state index contributed by atoms with van der Waals surface area (Å²) in [6.07, 6.45) is -2.94. The highest BCUT2D eigenvalue weighted by atomic mass is 19.4. The standard InChI is InChI=1S/C12H21F3N2/c1-10(2)17(9-12(13,14)15)7-5-6-11(3,4)8-16/h10H,5-7,9H2,1-4H3. The van der Waals surface area contributed by atoms with Gasteiger partial charge >= 0.3 is 6.18 Å². The molecule has 0 aliphatic rings. The maximum atomic E-state index is 12.3. The Morgan fingerprint density at radius 2 is 1.76 bits per heavy atom. The molecule has 0 aliphatic carbocycles. The predicted octanol–water partition coefficient (Wildman–Crippen LogP) is 3.59. The van der Waals surface area contributed by atoms with E-state index in [4.69, 9.17) is 5.26 Å². The van der Waals surface area contributed by atoms with Gasteiger partial charge < -0.3 is 0 Å². The summed E-state index contributed by atoms with van der Waals surface area (Å²) in [6.45, 7) is 6.61. The average molecular weight is 250 g/mol. The molecule has 2 nitrogen and oxygen atoms in total. The summed E-state index contributed by atoms with van der Waals surface area (Å²) in [4.78, 5) is 1.40. The number of rotatable bonds is 6. The summed E-state index contributed by atoms with van der Waals surface area (Å²) >= 11 is 0. The fourth-order valence-corrected chi connectivity index (χ4v) is 1.53. The second kappa shape index (κ2) is 6.25. The van der Waals surface area contributed by atoms with E-state index in [-0.39, 0.29) is 6.04 Å². The Morgan fingerprint density at radius 3 is 2.12 bits per heavy atom. The van der Waals surface area contributed by atoms with Crippen molar-refractivity contribution in [3.63, 3.8) is 0 Å². The lowest BCUT2D eigenvalue weighted by atomic mass is 9.90. The number of alkyl halides is 3. The topological polar surface area (TPSA) is 27.0 Å². The van der Waals surface area contributed by atoms with Crippen LogP contribution < -0.4 is 0 Å². The van der Waals surface area contributed by atoms with Gasteiger partial charge in [-0.1, -0.05) is 0 Å². The van der Waals surface area contributed by atoms with Gasteiger partial charge in [-0.05, 0) is 47.1 Å². The summed E-state index contributed by atoms with van der Waals surface area (Å²) in [5.41, 5.74) is -0.457. The third-order valence-corrected chi connectivity index (χ3v) is 2.66. The van der Waals surface area contributed by atoms with Crippen LogP contribution in [0.2, 0.25) is 0 Å². The number of nitrogens with zero attached hydrogens (tertiary/aromatic N) is 2. The third-order valence-electron chi connectivity index (χ3n) is 2.66. The van der Waals surface area contributed by atoms with Crippen molar-refractivity contribution >= 4 is 0 Å². The highest BCUT2D eigenvalue weighted by Gasteiger charge is 2.31. The van der Waals surface area contributed by atoms with Gasteiger partial charge in [-0.2, -0.15) is 18.4 Å². The van der Waals surface area contributed by atoms with E-state index in [1.54, 1.807) is 27.7 Å². The minimum Gasteiger partial charge on any atom is -0.293 e. The molecule has 0 aliphatic heterocycles. The number of nitriles is 1. The lowest BCUT2D eigenvalue weighted by Gasteiger charge is -2.28. The first-order chi connectivity index (χ1) is 7.57. The molecule has 0 aromatic rings. The molecule has 0 saturated heterocycles. The molecule has 17 heavy (non-hydrogen) atoms. The van der Waals surface area contributed by atoms with Crippen LogP contribution in [0.3, 0.4) is 0 Å². The molecule has 100 valence electrons. The molecule has 0 heterocycles. The molecule has 0 aromatic heterocycles. The summed E-state index contributed by atoms with van der Waals surface area (Å²) in [5.74, 6) is 0. The van der Waals surface area contributed by atoms with Crippen molar-refractivity contribution in [3.8, 4) is 6.07 Å². The number of hydrogen-bond acceptors (Lipinski definition) is 2. The van der Waals surface area contributed by atoms with Crippen LogP contribution in [-0.4, -0.2) is 30.2 Å². The second-order valence-corrected chi connectivity index (χ2v) is 5.28. The van der Waals surface area contributed by atoms with Crippen molar-refractivity contribution < 1.29 is 13.2 Å². The lowest BCUT2D eigenvalue weighted by Crippen LogP contribution is -2.39. The van der Waals surface area contributed by atoms with Crippen LogP contribution in [0.5, 0.6) is 0 Å². The van der Waals surface area contributed by atoms with Crippen LogP contribution in [0.1, 0.15) is 40.5 Å². The Hall–Kier alpha value is -0.760. The van der Waals surface area contributed by atoms with E-state index in [9.17, 15) is 13.2 Å². The lowest BCUT2D eigenvalue weighted by molar-refractivity contribution is -0.149. The Morgan fingerprint density at radius 1 is 1.24 bits per heavy atom. The van der Waals surface area contributed by atoms with E-state index in [0.717, 1.165) is 0 Å². The van der Waals surface area contributed by atoms with Crippen molar-refractivity contribution in [1.29, 1.82) is 5.26 Å². The monoisotopic (exact) mass is 250 g/mol. The molecule has 0 atom stereocenters. The Balaban J connectivity index is 4.17. The van der Waals surface area contributed by atoms with Crippen molar-refractivity contribution in [2.24, 2.45) is 5.41 Å². The van der Waals surface area contributed by atoms with Crippen molar-refractivity contribution in [2.75, 3.05) is 13.1 Å². The van der Waals surface area contributed by atoms with E-state index >= 15 is 0 Å². The molecule has 0 radical (unpaired) electrons. The molecule has 0 bridgehead atoms. The van der Waals surface area contributed by atoms with Gasteiger partial charge in [0.1, 0.15) is 0 Å². The fourth-order valence-electron chi connectivity index (χ4n) is 1.53. The van der Waals surface area contributed by atoms with E-state index in [1.165, 1.54) is 4.90 Å². The summed E-state index contributed by atoms with van der Waals surface area (Å²) < 4.78 is 36.9. The van der Waals surface area contributed by atoms with Gasteiger partial charge in [0.25, 0.3) is 0 Å². The minimum atomic E-state index is -4.16. The molecule has 0 saturated carbocycles. The molecular formula is C12H21F3N2. The molecule has 0 amide bonds. The quantitative estimate of drug-likeness (QED) is 0.720. The van der Waals surface area contributed by atoms with Gasteiger partial charge in [0.15, 0.2) is 0 Å².